The van der Waals surface area contributed by atoms with Gasteiger partial charge in [-0.25, -0.2) is 4.68 Å². The van der Waals surface area contributed by atoms with Crippen LogP contribution in [0.5, 0.6) is 11.5 Å². The molecule has 1 fully saturated rings. The Bertz CT molecular complexity index is 1150. The van der Waals surface area contributed by atoms with Crippen LogP contribution in [0.3, 0.4) is 0 Å². The van der Waals surface area contributed by atoms with Crippen molar-refractivity contribution in [3.63, 3.8) is 0 Å². The Morgan fingerprint density at radius 1 is 1.10 bits per heavy atom. The summed E-state index contributed by atoms with van der Waals surface area (Å²) in [7, 11) is 0. The van der Waals surface area contributed by atoms with Gasteiger partial charge < -0.3 is 14.8 Å². The third-order valence-electron chi connectivity index (χ3n) is 5.82. The van der Waals surface area contributed by atoms with Gasteiger partial charge in [0, 0.05) is 5.39 Å². The van der Waals surface area contributed by atoms with Gasteiger partial charge in [-0.3, -0.25) is 9.59 Å². The molecule has 7 heteroatoms. The molecule has 1 aliphatic carbocycles. The summed E-state index contributed by atoms with van der Waals surface area (Å²) in [6.07, 6.45) is 5.37. The molecule has 3 aromatic rings. The van der Waals surface area contributed by atoms with Gasteiger partial charge in [0.1, 0.15) is 6.54 Å². The first-order valence-electron chi connectivity index (χ1n) is 9.81. The summed E-state index contributed by atoms with van der Waals surface area (Å²) in [6, 6.07) is 13.1. The fraction of sp³-hybridized carbons (Fsp3) is 0.318. The standard InChI is InChI=1S/C22H21N3O4/c26-20(13-25-21(27)17-6-2-1-5-15(17)12-23-25)24-22(9-3-4-10-22)16-7-8-18-19(11-16)29-14-28-18/h1-2,5-8,11-12H,3-4,9-10,13-14H2,(H,24,26). The summed E-state index contributed by atoms with van der Waals surface area (Å²) in [5.41, 5.74) is 0.284. The van der Waals surface area contributed by atoms with Crippen molar-refractivity contribution in [3.8, 4) is 11.5 Å². The van der Waals surface area contributed by atoms with E-state index in [9.17, 15) is 9.59 Å². The highest BCUT2D eigenvalue weighted by molar-refractivity contribution is 5.81. The number of rotatable bonds is 4. The van der Waals surface area contributed by atoms with Crippen LogP contribution in [0.25, 0.3) is 10.8 Å². The van der Waals surface area contributed by atoms with Crippen LogP contribution in [-0.4, -0.2) is 22.5 Å². The van der Waals surface area contributed by atoms with Crippen LogP contribution in [0.4, 0.5) is 0 Å². The zero-order valence-corrected chi connectivity index (χ0v) is 15.9. The molecule has 0 atom stereocenters. The molecule has 1 N–H and O–H groups in total. The quantitative estimate of drug-likeness (QED) is 0.739. The second-order valence-electron chi connectivity index (χ2n) is 7.60. The Hall–Kier alpha value is -3.35. The maximum absolute atomic E-state index is 12.9. The smallest absolute Gasteiger partial charge is 0.275 e. The van der Waals surface area contributed by atoms with Crippen LogP contribution in [0, 0.1) is 0 Å². The number of ether oxygens (including phenoxy) is 2. The maximum atomic E-state index is 12.9. The normalized spacial score (nSPS) is 16.8. The van der Waals surface area contributed by atoms with E-state index in [0.29, 0.717) is 11.1 Å². The monoisotopic (exact) mass is 391 g/mol. The van der Waals surface area contributed by atoms with E-state index in [0.717, 1.165) is 42.4 Å². The molecule has 0 spiro atoms. The second-order valence-corrected chi connectivity index (χ2v) is 7.60. The van der Waals surface area contributed by atoms with Crippen LogP contribution in [0.15, 0.2) is 53.5 Å². The lowest BCUT2D eigenvalue weighted by atomic mass is 9.87. The molecule has 0 radical (unpaired) electrons. The summed E-state index contributed by atoms with van der Waals surface area (Å²) in [5, 5.41) is 8.68. The van der Waals surface area contributed by atoms with E-state index in [2.05, 4.69) is 10.4 Å². The van der Waals surface area contributed by atoms with E-state index in [4.69, 9.17) is 9.47 Å². The highest BCUT2D eigenvalue weighted by Gasteiger charge is 2.38. The van der Waals surface area contributed by atoms with Crippen LogP contribution in [0.1, 0.15) is 31.2 Å². The first-order valence-corrected chi connectivity index (χ1v) is 9.81. The molecule has 0 saturated heterocycles. The van der Waals surface area contributed by atoms with Crippen molar-refractivity contribution < 1.29 is 14.3 Å². The van der Waals surface area contributed by atoms with Crippen molar-refractivity contribution in [1.82, 2.24) is 15.1 Å². The lowest BCUT2D eigenvalue weighted by Gasteiger charge is -2.31. The summed E-state index contributed by atoms with van der Waals surface area (Å²) >= 11 is 0. The fourth-order valence-corrected chi connectivity index (χ4v) is 4.34. The highest BCUT2D eigenvalue weighted by Crippen LogP contribution is 2.42. The Kier molecular flexibility index (Phi) is 4.23. The minimum atomic E-state index is -0.460. The van der Waals surface area contributed by atoms with Gasteiger partial charge in [-0.15, -0.1) is 0 Å². The molecule has 1 aliphatic heterocycles. The van der Waals surface area contributed by atoms with E-state index < -0.39 is 5.54 Å². The minimum absolute atomic E-state index is 0.115. The fourth-order valence-electron chi connectivity index (χ4n) is 4.34. The number of nitrogens with one attached hydrogen (secondary N) is 1. The molecule has 148 valence electrons. The predicted molar refractivity (Wildman–Crippen MR) is 107 cm³/mol. The molecule has 0 bridgehead atoms. The molecule has 29 heavy (non-hydrogen) atoms. The average molecular weight is 391 g/mol. The van der Waals surface area contributed by atoms with E-state index >= 15 is 0 Å². The van der Waals surface area contributed by atoms with Crippen LogP contribution < -0.4 is 20.3 Å². The first kappa shape index (κ1) is 17.7. The van der Waals surface area contributed by atoms with Gasteiger partial charge >= 0.3 is 0 Å². The first-order chi connectivity index (χ1) is 14.1. The van der Waals surface area contributed by atoms with E-state index in [1.807, 2.05) is 30.3 Å². The molecule has 2 heterocycles. The zero-order valence-electron chi connectivity index (χ0n) is 15.9. The Labute approximate surface area is 167 Å². The molecule has 1 amide bonds. The van der Waals surface area contributed by atoms with E-state index in [-0.39, 0.29) is 24.8 Å². The zero-order chi connectivity index (χ0) is 19.8. The summed E-state index contributed by atoms with van der Waals surface area (Å²) in [6.45, 7) is 0.102. The third-order valence-corrected chi connectivity index (χ3v) is 5.82. The topological polar surface area (TPSA) is 82.5 Å². The number of carbonyl (C=O) groups excluding carboxylic acids is 1. The average Bonchev–Trinajstić information content (AvgIpc) is 3.40. The summed E-state index contributed by atoms with van der Waals surface area (Å²) in [5.74, 6) is 1.20. The maximum Gasteiger partial charge on any atom is 0.275 e. The molecule has 2 aliphatic rings. The number of amides is 1. The lowest BCUT2D eigenvalue weighted by Crippen LogP contribution is -2.46. The van der Waals surface area contributed by atoms with Crippen LogP contribution in [0.2, 0.25) is 0 Å². The predicted octanol–water partition coefficient (Wildman–Crippen LogP) is 2.71. The van der Waals surface area contributed by atoms with E-state index in [1.54, 1.807) is 18.3 Å². The summed E-state index contributed by atoms with van der Waals surface area (Å²) < 4.78 is 12.1. The van der Waals surface area contributed by atoms with Crippen molar-refractivity contribution in [2.75, 3.05) is 6.79 Å². The number of carbonyl (C=O) groups is 1. The Morgan fingerprint density at radius 2 is 1.90 bits per heavy atom. The summed E-state index contributed by atoms with van der Waals surface area (Å²) in [4.78, 5) is 25.6. The SMILES string of the molecule is O=C(Cn1ncc2ccccc2c1=O)NC1(c2ccc3c(c2)OCO3)CCCC1. The van der Waals surface area contributed by atoms with E-state index in [1.165, 1.54) is 4.68 Å². The minimum Gasteiger partial charge on any atom is -0.454 e. The number of aromatic nitrogens is 2. The molecule has 5 rings (SSSR count). The third kappa shape index (κ3) is 3.12. The number of hydrogen-bond donors (Lipinski definition) is 1. The van der Waals surface area contributed by atoms with Crippen molar-refractivity contribution in [2.45, 2.75) is 37.8 Å². The second kappa shape index (κ2) is 6.92. The number of hydrogen-bond acceptors (Lipinski definition) is 5. The number of nitrogens with zero attached hydrogens (tertiary/aromatic N) is 2. The molecule has 0 unspecified atom stereocenters. The van der Waals surface area contributed by atoms with Crippen molar-refractivity contribution >= 4 is 16.7 Å². The van der Waals surface area contributed by atoms with Crippen LogP contribution >= 0.6 is 0 Å². The van der Waals surface area contributed by atoms with Gasteiger partial charge in [0.2, 0.25) is 12.7 Å². The molecule has 1 saturated carbocycles. The van der Waals surface area contributed by atoms with Gasteiger partial charge in [0.05, 0.1) is 17.1 Å². The molecule has 1 aromatic heterocycles. The van der Waals surface area contributed by atoms with Gasteiger partial charge in [-0.2, -0.15) is 5.10 Å². The Balaban J connectivity index is 1.41. The Morgan fingerprint density at radius 3 is 2.76 bits per heavy atom. The van der Waals surface area contributed by atoms with Gasteiger partial charge in [0.25, 0.3) is 5.56 Å². The lowest BCUT2D eigenvalue weighted by molar-refractivity contribution is -0.124. The van der Waals surface area contributed by atoms with Crippen molar-refractivity contribution in [1.29, 1.82) is 0 Å². The largest absolute Gasteiger partial charge is 0.454 e. The van der Waals surface area contributed by atoms with Crippen LogP contribution in [-0.2, 0) is 16.9 Å². The molecular formula is C22H21N3O4. The van der Waals surface area contributed by atoms with Gasteiger partial charge in [0.15, 0.2) is 11.5 Å². The number of fused-ring (bicyclic) bond motifs is 2. The number of benzene rings is 2. The molecule has 2 aromatic carbocycles. The van der Waals surface area contributed by atoms with Gasteiger partial charge in [-0.1, -0.05) is 37.1 Å². The van der Waals surface area contributed by atoms with Crippen molar-refractivity contribution in [3.05, 3.63) is 64.6 Å². The van der Waals surface area contributed by atoms with Crippen molar-refractivity contribution in [2.24, 2.45) is 0 Å². The highest BCUT2D eigenvalue weighted by atomic mass is 16.7. The molecule has 7 nitrogen and oxygen atoms in total. The molecular weight excluding hydrogens is 370 g/mol. The van der Waals surface area contributed by atoms with Gasteiger partial charge in [-0.05, 0) is 36.6 Å².